The molecule has 22 atom stereocenters. The van der Waals surface area contributed by atoms with Crippen LogP contribution in [0.5, 0.6) is 0 Å². The van der Waals surface area contributed by atoms with Crippen LogP contribution in [0.25, 0.3) is 0 Å². The van der Waals surface area contributed by atoms with Gasteiger partial charge in [0.1, 0.15) is 12.2 Å². The van der Waals surface area contributed by atoms with Crippen molar-refractivity contribution in [2.75, 3.05) is 0 Å². The van der Waals surface area contributed by atoms with E-state index in [4.69, 9.17) is 9.47 Å². The third kappa shape index (κ3) is 19.7. The highest BCUT2D eigenvalue weighted by molar-refractivity contribution is 5.70. The Balaban J connectivity index is 0.668. The van der Waals surface area contributed by atoms with Crippen LogP contribution in [0.4, 0.5) is 0 Å². The minimum absolute atomic E-state index is 0.0529. The van der Waals surface area contributed by atoms with Crippen molar-refractivity contribution in [3.8, 4) is 0 Å². The topological polar surface area (TPSA) is 52.6 Å². The standard InChI is InChI=1S/C94H160O4/c1-15-19-21-31-37-73-47-48-74(38-32-27-26-30-36-42-90(96)98-78-58-62-92(12)76(66-78)50-52-82-86-56-54-84(94(86,14)64-60-88(82)92)70(10)44-46-72(18-4)68(7)8)80(79(73)39-33-22-20-16-2)40-34-28-24-23-25-29-35-41-89(95)97-77-57-61-91(11)75(65-77)49-51-81-85-55-53-83(93(85,13)63-59-87(81)91)69(9)43-45-71(17-3)67(5)6/h34,40,47-50,67-74,77-88H,15-33,35-39,41-46,51-66H2,1-14H3/t69-,70-,71-,72-,73?,74?,77+,78+,79?,80?,81+,82+,83-,84-,85+,86+,87+,88+,91+,92+,93-,94-/m1/s1. The minimum Gasteiger partial charge on any atom is -0.462 e. The fraction of sp³-hybridized carbons (Fsp3) is 0.894. The number of carbonyl (C=O) groups excluding carboxylic acids is 2. The summed E-state index contributed by atoms with van der Waals surface area (Å²) in [6.45, 7) is 35.2. The lowest BCUT2D eigenvalue weighted by Gasteiger charge is -2.58. The summed E-state index contributed by atoms with van der Waals surface area (Å²) in [6, 6.07) is 0. The third-order valence-corrected chi connectivity index (χ3v) is 32.1. The summed E-state index contributed by atoms with van der Waals surface area (Å²) >= 11 is 0. The number of carbonyl (C=O) groups is 2. The summed E-state index contributed by atoms with van der Waals surface area (Å²) in [5.41, 5.74) is 4.90. The van der Waals surface area contributed by atoms with Crippen molar-refractivity contribution in [3.05, 3.63) is 47.6 Å². The van der Waals surface area contributed by atoms with Gasteiger partial charge in [-0.3, -0.25) is 9.59 Å². The highest BCUT2D eigenvalue weighted by atomic mass is 16.5. The van der Waals surface area contributed by atoms with Gasteiger partial charge in [0.25, 0.3) is 0 Å². The SMILES string of the molecule is CCCCCCC1C=CC(CCCCCCCC(=O)O[C@H]2CC[C@@]3(C)C(=CC[C@H]4[C@@H]5CC[C@H]([C@H](C)CC[C@@H](CC)C(C)C)[C@@]5(C)CC[C@@H]43)C2)C(C=CCCCCCCCC(=O)O[C@H]2CC[C@@]3(C)C(=CC[C@H]4[C@@H]5CC[C@H]([C@H](C)CC[C@@H](CC)C(C)C)[C@@]5(C)CC[C@@H]43)C2)C1CCCCCC. The monoisotopic (exact) mass is 1350 g/mol. The Labute approximate surface area is 607 Å². The van der Waals surface area contributed by atoms with E-state index < -0.39 is 0 Å². The summed E-state index contributed by atoms with van der Waals surface area (Å²) in [5.74, 6) is 14.8. The van der Waals surface area contributed by atoms with Crippen molar-refractivity contribution in [3.63, 3.8) is 0 Å². The normalized spacial score (nSPS) is 36.3. The first-order chi connectivity index (χ1) is 47.2. The largest absolute Gasteiger partial charge is 0.462 e. The Morgan fingerprint density at radius 3 is 1.37 bits per heavy atom. The van der Waals surface area contributed by atoms with Gasteiger partial charge in [-0.2, -0.15) is 0 Å². The van der Waals surface area contributed by atoms with E-state index in [1.807, 2.05) is 0 Å². The maximum Gasteiger partial charge on any atom is 0.306 e. The summed E-state index contributed by atoms with van der Waals surface area (Å²) < 4.78 is 12.7. The first kappa shape index (κ1) is 80.0. The Kier molecular flexibility index (Phi) is 31.2. The van der Waals surface area contributed by atoms with Crippen molar-refractivity contribution in [2.24, 2.45) is 128 Å². The maximum absolute atomic E-state index is 13.5. The fourth-order valence-corrected chi connectivity index (χ4v) is 25.8. The van der Waals surface area contributed by atoms with Gasteiger partial charge in [-0.05, 0) is 276 Å². The van der Waals surface area contributed by atoms with Gasteiger partial charge >= 0.3 is 11.9 Å². The van der Waals surface area contributed by atoms with Crippen LogP contribution in [-0.2, 0) is 19.1 Å². The second-order valence-corrected chi connectivity index (χ2v) is 38.3. The molecular formula is C94H160O4. The molecule has 98 heavy (non-hydrogen) atoms. The summed E-state index contributed by atoms with van der Waals surface area (Å²) in [7, 11) is 0. The highest BCUT2D eigenvalue weighted by Crippen LogP contribution is 2.69. The zero-order valence-corrected chi connectivity index (χ0v) is 67.2. The maximum atomic E-state index is 13.5. The lowest BCUT2D eigenvalue weighted by Crippen LogP contribution is -2.51. The van der Waals surface area contributed by atoms with Gasteiger partial charge in [0, 0.05) is 25.7 Å². The van der Waals surface area contributed by atoms with E-state index in [1.165, 1.54) is 231 Å². The number of hydrogen-bond acceptors (Lipinski definition) is 4. The molecule has 0 aromatic carbocycles. The van der Waals surface area contributed by atoms with E-state index in [0.717, 1.165) is 140 Å². The summed E-state index contributed by atoms with van der Waals surface area (Å²) in [6.07, 6.45) is 73.8. The van der Waals surface area contributed by atoms with E-state index in [0.29, 0.717) is 52.3 Å². The number of esters is 2. The molecule has 6 saturated carbocycles. The molecule has 0 spiro atoms. The van der Waals surface area contributed by atoms with Crippen LogP contribution in [0.3, 0.4) is 0 Å². The van der Waals surface area contributed by atoms with Gasteiger partial charge in [0.15, 0.2) is 0 Å². The van der Waals surface area contributed by atoms with Crippen LogP contribution in [-0.4, -0.2) is 24.1 Å². The fourth-order valence-electron chi connectivity index (χ4n) is 25.8. The number of hydrogen-bond donors (Lipinski definition) is 0. The average molecular weight is 1350 g/mol. The molecule has 560 valence electrons. The van der Waals surface area contributed by atoms with E-state index in [-0.39, 0.29) is 24.1 Å². The predicted octanol–water partition coefficient (Wildman–Crippen LogP) is 28.2. The molecule has 0 saturated heterocycles. The van der Waals surface area contributed by atoms with Crippen molar-refractivity contribution in [1.29, 1.82) is 0 Å². The smallest absolute Gasteiger partial charge is 0.306 e. The van der Waals surface area contributed by atoms with Gasteiger partial charge < -0.3 is 9.47 Å². The van der Waals surface area contributed by atoms with E-state index in [2.05, 4.69) is 133 Å². The van der Waals surface area contributed by atoms with Crippen LogP contribution < -0.4 is 0 Å². The van der Waals surface area contributed by atoms with Gasteiger partial charge in [0.05, 0.1) is 0 Å². The zero-order valence-electron chi connectivity index (χ0n) is 67.2. The quantitative estimate of drug-likeness (QED) is 0.0348. The molecule has 0 aromatic heterocycles. The molecule has 0 radical (unpaired) electrons. The molecule has 6 fully saturated rings. The van der Waals surface area contributed by atoms with Crippen LogP contribution in [0.2, 0.25) is 0 Å². The molecule has 9 rings (SSSR count). The van der Waals surface area contributed by atoms with Crippen LogP contribution in [0.1, 0.15) is 392 Å². The first-order valence-electron chi connectivity index (χ1n) is 44.3. The molecule has 4 heteroatoms. The molecule has 0 aromatic rings. The molecular weight excluding hydrogens is 1190 g/mol. The first-order valence-corrected chi connectivity index (χ1v) is 44.3. The molecule has 0 bridgehead atoms. The van der Waals surface area contributed by atoms with Gasteiger partial charge in [0.2, 0.25) is 0 Å². The number of allylic oxidation sites excluding steroid dienone is 6. The second-order valence-electron chi connectivity index (χ2n) is 38.3. The van der Waals surface area contributed by atoms with Gasteiger partial charge in [-0.15, -0.1) is 0 Å². The number of unbranched alkanes of at least 4 members (excludes halogenated alkanes) is 15. The molecule has 0 amide bonds. The second kappa shape index (κ2) is 38.3. The Bertz CT molecular complexity index is 2510. The molecule has 4 unspecified atom stereocenters. The lowest BCUT2D eigenvalue weighted by molar-refractivity contribution is -0.152. The Morgan fingerprint density at radius 2 is 0.898 bits per heavy atom. The molecule has 0 N–H and O–H groups in total. The van der Waals surface area contributed by atoms with Crippen molar-refractivity contribution >= 4 is 11.9 Å². The minimum atomic E-state index is 0.0529. The molecule has 9 aliphatic carbocycles. The molecule has 9 aliphatic rings. The molecule has 0 aliphatic heterocycles. The lowest BCUT2D eigenvalue weighted by atomic mass is 9.47. The van der Waals surface area contributed by atoms with Crippen molar-refractivity contribution < 1.29 is 19.1 Å². The third-order valence-electron chi connectivity index (χ3n) is 32.1. The van der Waals surface area contributed by atoms with Crippen molar-refractivity contribution in [1.82, 2.24) is 0 Å². The molecule has 4 nitrogen and oxygen atoms in total. The van der Waals surface area contributed by atoms with E-state index >= 15 is 0 Å². The van der Waals surface area contributed by atoms with Crippen LogP contribution >= 0.6 is 0 Å². The number of ether oxygens (including phenoxy) is 2. The summed E-state index contributed by atoms with van der Waals surface area (Å²) in [5, 5.41) is 0. The van der Waals surface area contributed by atoms with Crippen LogP contribution in [0, 0.1) is 128 Å². The highest BCUT2D eigenvalue weighted by Gasteiger charge is 2.61. The van der Waals surface area contributed by atoms with Gasteiger partial charge in [-0.1, -0.05) is 267 Å². The number of fused-ring (bicyclic) bond motifs is 10. The Morgan fingerprint density at radius 1 is 0.469 bits per heavy atom. The van der Waals surface area contributed by atoms with Crippen molar-refractivity contribution in [2.45, 2.75) is 404 Å². The van der Waals surface area contributed by atoms with E-state index in [9.17, 15) is 9.59 Å². The van der Waals surface area contributed by atoms with E-state index in [1.54, 1.807) is 11.1 Å². The number of rotatable bonds is 41. The van der Waals surface area contributed by atoms with Gasteiger partial charge in [-0.25, -0.2) is 0 Å². The molecule has 0 heterocycles. The average Bonchev–Trinajstić information content (AvgIpc) is 1.45. The Hall–Kier alpha value is -2.10. The zero-order chi connectivity index (χ0) is 70.0. The van der Waals surface area contributed by atoms with Crippen LogP contribution in [0.15, 0.2) is 47.6 Å². The predicted molar refractivity (Wildman–Crippen MR) is 419 cm³/mol. The summed E-state index contributed by atoms with van der Waals surface area (Å²) in [4.78, 5) is 26.9.